The van der Waals surface area contributed by atoms with Gasteiger partial charge in [-0.05, 0) is 26.0 Å². The molecule has 2 aromatic rings. The number of nitrogens with zero attached hydrogens (tertiary/aromatic N) is 3. The quantitative estimate of drug-likeness (QED) is 0.841. The molecular weight excluding hydrogens is 308 g/mol. The maximum absolute atomic E-state index is 12.4. The molecule has 0 unspecified atom stereocenters. The van der Waals surface area contributed by atoms with E-state index in [9.17, 15) is 4.79 Å². The molecule has 0 atom stereocenters. The summed E-state index contributed by atoms with van der Waals surface area (Å²) in [5.41, 5.74) is 0.894. The van der Waals surface area contributed by atoms with Crippen LogP contribution in [-0.4, -0.2) is 43.2 Å². The van der Waals surface area contributed by atoms with E-state index in [2.05, 4.69) is 15.3 Å². The van der Waals surface area contributed by atoms with Crippen molar-refractivity contribution in [1.82, 2.24) is 9.97 Å². The lowest BCUT2D eigenvalue weighted by Gasteiger charge is -2.18. The first kappa shape index (κ1) is 17.5. The summed E-state index contributed by atoms with van der Waals surface area (Å²) in [6.07, 6.45) is 3.03. The fourth-order valence-corrected chi connectivity index (χ4v) is 2.21. The first-order valence-electron chi connectivity index (χ1n) is 7.73. The highest BCUT2D eigenvalue weighted by atomic mass is 16.5. The van der Waals surface area contributed by atoms with Crippen molar-refractivity contribution in [2.45, 2.75) is 13.8 Å². The highest BCUT2D eigenvalue weighted by Gasteiger charge is 2.13. The zero-order valence-electron chi connectivity index (χ0n) is 14.4. The molecule has 1 amide bonds. The number of ether oxygens (including phenoxy) is 2. The Bertz CT molecular complexity index is 685. The standard InChI is InChI=1S/C17H22N4O3/c1-5-21(6-2)17-18-10-12(11-19-17)16(22)20-14-9-13(23-3)7-8-15(14)24-4/h7-11H,5-6H2,1-4H3,(H,20,22). The first-order chi connectivity index (χ1) is 11.6. The molecule has 0 radical (unpaired) electrons. The van der Waals surface area contributed by atoms with E-state index in [1.54, 1.807) is 32.4 Å². The minimum absolute atomic E-state index is 0.312. The van der Waals surface area contributed by atoms with Crippen molar-refractivity contribution in [2.75, 3.05) is 37.5 Å². The summed E-state index contributed by atoms with van der Waals surface area (Å²) in [4.78, 5) is 22.9. The van der Waals surface area contributed by atoms with E-state index in [-0.39, 0.29) is 5.91 Å². The number of carbonyl (C=O) groups excluding carboxylic acids is 1. The van der Waals surface area contributed by atoms with Crippen LogP contribution in [-0.2, 0) is 0 Å². The van der Waals surface area contributed by atoms with Crippen LogP contribution in [0.4, 0.5) is 11.6 Å². The lowest BCUT2D eigenvalue weighted by Crippen LogP contribution is -2.24. The van der Waals surface area contributed by atoms with Crippen molar-refractivity contribution < 1.29 is 14.3 Å². The van der Waals surface area contributed by atoms with Gasteiger partial charge < -0.3 is 19.7 Å². The van der Waals surface area contributed by atoms with Crippen molar-refractivity contribution in [2.24, 2.45) is 0 Å². The predicted molar refractivity (Wildman–Crippen MR) is 93.1 cm³/mol. The van der Waals surface area contributed by atoms with Gasteiger partial charge in [0.25, 0.3) is 5.91 Å². The van der Waals surface area contributed by atoms with Gasteiger partial charge in [0.05, 0.1) is 25.5 Å². The number of aromatic nitrogens is 2. The minimum Gasteiger partial charge on any atom is -0.497 e. The van der Waals surface area contributed by atoms with Crippen LogP contribution >= 0.6 is 0 Å². The summed E-state index contributed by atoms with van der Waals surface area (Å²) in [5, 5.41) is 2.79. The second-order valence-electron chi connectivity index (χ2n) is 4.96. The van der Waals surface area contributed by atoms with E-state index in [1.165, 1.54) is 12.4 Å². The van der Waals surface area contributed by atoms with Crippen LogP contribution in [0.25, 0.3) is 0 Å². The third-order valence-electron chi connectivity index (χ3n) is 3.60. The third-order valence-corrected chi connectivity index (χ3v) is 3.60. The Kier molecular flexibility index (Phi) is 5.95. The number of anilines is 2. The molecule has 1 aromatic heterocycles. The van der Waals surface area contributed by atoms with Crippen molar-refractivity contribution in [3.05, 3.63) is 36.2 Å². The highest BCUT2D eigenvalue weighted by Crippen LogP contribution is 2.29. The molecule has 7 nitrogen and oxygen atoms in total. The Morgan fingerprint density at radius 1 is 1.12 bits per heavy atom. The van der Waals surface area contributed by atoms with Crippen molar-refractivity contribution in [3.8, 4) is 11.5 Å². The number of benzene rings is 1. The zero-order valence-corrected chi connectivity index (χ0v) is 14.4. The van der Waals surface area contributed by atoms with Crippen molar-refractivity contribution in [3.63, 3.8) is 0 Å². The van der Waals surface area contributed by atoms with Gasteiger partial charge in [-0.2, -0.15) is 0 Å². The minimum atomic E-state index is -0.312. The monoisotopic (exact) mass is 330 g/mol. The topological polar surface area (TPSA) is 76.6 Å². The molecule has 0 aliphatic carbocycles. The molecule has 0 spiro atoms. The van der Waals surface area contributed by atoms with Crippen LogP contribution in [0.1, 0.15) is 24.2 Å². The van der Waals surface area contributed by atoms with Crippen LogP contribution < -0.4 is 19.7 Å². The molecule has 0 saturated carbocycles. The van der Waals surface area contributed by atoms with E-state index < -0.39 is 0 Å². The molecular formula is C17H22N4O3. The third kappa shape index (κ3) is 3.92. The smallest absolute Gasteiger partial charge is 0.258 e. The average Bonchev–Trinajstić information content (AvgIpc) is 2.63. The molecule has 0 aliphatic rings. The number of hydrogen-bond donors (Lipinski definition) is 1. The summed E-state index contributed by atoms with van der Waals surface area (Å²) >= 11 is 0. The van der Waals surface area contributed by atoms with Gasteiger partial charge in [-0.3, -0.25) is 4.79 Å². The Hall–Kier alpha value is -2.83. The molecule has 0 bridgehead atoms. The fraction of sp³-hybridized carbons (Fsp3) is 0.353. The molecule has 1 N–H and O–H groups in total. The summed E-state index contributed by atoms with van der Waals surface area (Å²) in [6.45, 7) is 5.68. The van der Waals surface area contributed by atoms with Gasteiger partial charge >= 0.3 is 0 Å². The van der Waals surface area contributed by atoms with E-state index in [0.717, 1.165) is 13.1 Å². The SMILES string of the molecule is CCN(CC)c1ncc(C(=O)Nc2cc(OC)ccc2OC)cn1. The Balaban J connectivity index is 2.18. The summed E-state index contributed by atoms with van der Waals surface area (Å²) in [6, 6.07) is 5.19. The van der Waals surface area contributed by atoms with Gasteiger partial charge in [0.1, 0.15) is 11.5 Å². The first-order valence-corrected chi connectivity index (χ1v) is 7.73. The van der Waals surface area contributed by atoms with Gasteiger partial charge in [0, 0.05) is 31.5 Å². The zero-order chi connectivity index (χ0) is 17.5. The normalized spacial score (nSPS) is 10.2. The number of hydrogen-bond acceptors (Lipinski definition) is 6. The molecule has 0 aliphatic heterocycles. The molecule has 7 heteroatoms. The predicted octanol–water partition coefficient (Wildman–Crippen LogP) is 2.59. The Labute approximate surface area is 141 Å². The highest BCUT2D eigenvalue weighted by molar-refractivity contribution is 6.04. The van der Waals surface area contributed by atoms with E-state index in [0.29, 0.717) is 28.7 Å². The van der Waals surface area contributed by atoms with Gasteiger partial charge in [-0.1, -0.05) is 0 Å². The molecule has 0 fully saturated rings. The number of rotatable bonds is 7. The maximum atomic E-state index is 12.4. The van der Waals surface area contributed by atoms with E-state index in [4.69, 9.17) is 9.47 Å². The van der Waals surface area contributed by atoms with Crippen molar-refractivity contribution in [1.29, 1.82) is 0 Å². The molecule has 1 aromatic carbocycles. The second kappa shape index (κ2) is 8.14. The lowest BCUT2D eigenvalue weighted by molar-refractivity contribution is 0.102. The van der Waals surface area contributed by atoms with Gasteiger partial charge in [-0.15, -0.1) is 0 Å². The molecule has 24 heavy (non-hydrogen) atoms. The van der Waals surface area contributed by atoms with E-state index in [1.807, 2.05) is 18.7 Å². The van der Waals surface area contributed by atoms with Crippen LogP contribution in [0.5, 0.6) is 11.5 Å². The number of amides is 1. The number of nitrogens with one attached hydrogen (secondary N) is 1. The van der Waals surface area contributed by atoms with Crippen LogP contribution in [0, 0.1) is 0 Å². The maximum Gasteiger partial charge on any atom is 0.258 e. The fourth-order valence-electron chi connectivity index (χ4n) is 2.21. The lowest BCUT2D eigenvalue weighted by atomic mass is 10.2. The molecule has 1 heterocycles. The summed E-state index contributed by atoms with van der Waals surface area (Å²) in [5.74, 6) is 1.47. The molecule has 0 saturated heterocycles. The Morgan fingerprint density at radius 3 is 2.33 bits per heavy atom. The summed E-state index contributed by atoms with van der Waals surface area (Å²) < 4.78 is 10.4. The van der Waals surface area contributed by atoms with E-state index >= 15 is 0 Å². The average molecular weight is 330 g/mol. The number of carbonyl (C=O) groups is 1. The largest absolute Gasteiger partial charge is 0.497 e. The van der Waals surface area contributed by atoms with Crippen LogP contribution in [0.2, 0.25) is 0 Å². The van der Waals surface area contributed by atoms with Crippen LogP contribution in [0.15, 0.2) is 30.6 Å². The number of methoxy groups -OCH3 is 2. The van der Waals surface area contributed by atoms with Gasteiger partial charge in [0.2, 0.25) is 5.95 Å². The van der Waals surface area contributed by atoms with Gasteiger partial charge in [-0.25, -0.2) is 9.97 Å². The summed E-state index contributed by atoms with van der Waals surface area (Å²) in [7, 11) is 3.10. The molecule has 2 rings (SSSR count). The van der Waals surface area contributed by atoms with Gasteiger partial charge in [0.15, 0.2) is 0 Å². The van der Waals surface area contributed by atoms with Crippen LogP contribution in [0.3, 0.4) is 0 Å². The molecule has 128 valence electrons. The Morgan fingerprint density at radius 2 is 1.79 bits per heavy atom. The van der Waals surface area contributed by atoms with Crippen molar-refractivity contribution >= 4 is 17.5 Å². The second-order valence-corrected chi connectivity index (χ2v) is 4.96.